The van der Waals surface area contributed by atoms with Crippen LogP contribution in [-0.2, 0) is 9.59 Å². The average Bonchev–Trinajstić information content (AvgIpc) is 3.12. The Kier molecular flexibility index (Phi) is 5.22. The summed E-state index contributed by atoms with van der Waals surface area (Å²) >= 11 is 0. The van der Waals surface area contributed by atoms with Gasteiger partial charge < -0.3 is 10.2 Å². The van der Waals surface area contributed by atoms with Gasteiger partial charge >= 0.3 is 0 Å². The van der Waals surface area contributed by atoms with E-state index in [1.807, 2.05) is 35.2 Å². The minimum Gasteiger partial charge on any atom is -0.341 e. The van der Waals surface area contributed by atoms with E-state index in [1.54, 1.807) is 0 Å². The van der Waals surface area contributed by atoms with Crippen LogP contribution < -0.4 is 16.2 Å². The van der Waals surface area contributed by atoms with Crippen LogP contribution in [0.4, 0.5) is 5.69 Å². The minimum absolute atomic E-state index is 0.0173. The van der Waals surface area contributed by atoms with Gasteiger partial charge in [-0.15, -0.1) is 0 Å². The molecule has 1 aromatic rings. The number of anilines is 1. The summed E-state index contributed by atoms with van der Waals surface area (Å²) < 4.78 is 0. The molecule has 2 saturated heterocycles. The van der Waals surface area contributed by atoms with Crippen molar-refractivity contribution in [3.8, 4) is 0 Å². The number of carbonyl (C=O) groups excluding carboxylic acids is 2. The summed E-state index contributed by atoms with van der Waals surface area (Å²) in [6, 6.07) is 9.90. The lowest BCUT2D eigenvalue weighted by Gasteiger charge is -2.35. The maximum Gasteiger partial charge on any atom is 0.241 e. The SMILES string of the molecule is O=C(Nc1ccccc1)C1CCN(C(=O)C2NNC3CCCCC32)CC1. The maximum atomic E-state index is 12.9. The Balaban J connectivity index is 1.29. The molecule has 0 bridgehead atoms. The van der Waals surface area contributed by atoms with E-state index < -0.39 is 0 Å². The van der Waals surface area contributed by atoms with E-state index in [2.05, 4.69) is 16.2 Å². The van der Waals surface area contributed by atoms with E-state index in [0.29, 0.717) is 25.0 Å². The summed E-state index contributed by atoms with van der Waals surface area (Å²) in [7, 11) is 0. The third-order valence-electron chi connectivity index (χ3n) is 6.16. The molecule has 2 aliphatic heterocycles. The molecule has 1 saturated carbocycles. The number of carbonyl (C=O) groups is 2. The van der Waals surface area contributed by atoms with Gasteiger partial charge in [-0.2, -0.15) is 0 Å². The number of fused-ring (bicyclic) bond motifs is 1. The number of amides is 2. The van der Waals surface area contributed by atoms with Crippen molar-refractivity contribution in [2.45, 2.75) is 50.6 Å². The van der Waals surface area contributed by atoms with Crippen molar-refractivity contribution in [1.82, 2.24) is 15.8 Å². The quantitative estimate of drug-likeness (QED) is 0.773. The van der Waals surface area contributed by atoms with E-state index in [1.165, 1.54) is 12.8 Å². The molecule has 140 valence electrons. The highest BCUT2D eigenvalue weighted by Crippen LogP contribution is 2.31. The van der Waals surface area contributed by atoms with Crippen LogP contribution in [0.25, 0.3) is 0 Å². The third kappa shape index (κ3) is 3.62. The number of piperidine rings is 1. The molecule has 0 aromatic heterocycles. The van der Waals surface area contributed by atoms with Crippen molar-refractivity contribution in [3.63, 3.8) is 0 Å². The van der Waals surface area contributed by atoms with Crippen LogP contribution in [0.15, 0.2) is 30.3 Å². The Morgan fingerprint density at radius 2 is 1.69 bits per heavy atom. The van der Waals surface area contributed by atoms with E-state index in [0.717, 1.165) is 31.4 Å². The van der Waals surface area contributed by atoms with Gasteiger partial charge in [0.25, 0.3) is 0 Å². The first-order valence-electron chi connectivity index (χ1n) is 9.88. The van der Waals surface area contributed by atoms with Gasteiger partial charge in [0, 0.05) is 36.7 Å². The topological polar surface area (TPSA) is 73.5 Å². The Bertz CT molecular complexity index is 642. The lowest BCUT2D eigenvalue weighted by Crippen LogP contribution is -2.51. The Morgan fingerprint density at radius 1 is 0.962 bits per heavy atom. The van der Waals surface area contributed by atoms with Crippen molar-refractivity contribution in [3.05, 3.63) is 30.3 Å². The summed E-state index contributed by atoms with van der Waals surface area (Å²) in [4.78, 5) is 27.3. The summed E-state index contributed by atoms with van der Waals surface area (Å²) in [6.07, 6.45) is 6.21. The van der Waals surface area contributed by atoms with Crippen molar-refractivity contribution in [2.75, 3.05) is 18.4 Å². The predicted molar refractivity (Wildman–Crippen MR) is 100 cm³/mol. The Hall–Kier alpha value is -1.92. The zero-order valence-electron chi connectivity index (χ0n) is 15.1. The molecular weight excluding hydrogens is 328 g/mol. The summed E-state index contributed by atoms with van der Waals surface area (Å²) in [5.74, 6) is 0.664. The summed E-state index contributed by atoms with van der Waals surface area (Å²) in [6.45, 7) is 1.34. The second-order valence-corrected chi connectivity index (χ2v) is 7.78. The Morgan fingerprint density at radius 3 is 2.46 bits per heavy atom. The molecule has 1 aliphatic carbocycles. The highest BCUT2D eigenvalue weighted by molar-refractivity contribution is 5.92. The van der Waals surface area contributed by atoms with E-state index >= 15 is 0 Å². The normalized spacial score (nSPS) is 29.2. The van der Waals surface area contributed by atoms with E-state index in [9.17, 15) is 9.59 Å². The number of nitrogens with one attached hydrogen (secondary N) is 3. The van der Waals surface area contributed by atoms with Gasteiger partial charge in [-0.25, -0.2) is 5.43 Å². The fourth-order valence-corrected chi connectivity index (χ4v) is 4.61. The number of hydrogen-bond acceptors (Lipinski definition) is 4. The fraction of sp³-hybridized carbons (Fsp3) is 0.600. The van der Waals surface area contributed by atoms with Crippen LogP contribution >= 0.6 is 0 Å². The number of nitrogens with zero attached hydrogens (tertiary/aromatic N) is 1. The molecule has 2 amide bonds. The number of benzene rings is 1. The first-order valence-corrected chi connectivity index (χ1v) is 9.88. The summed E-state index contributed by atoms with van der Waals surface area (Å²) in [5, 5.41) is 2.98. The highest BCUT2D eigenvalue weighted by atomic mass is 16.2. The molecule has 1 aromatic carbocycles. The number of likely N-dealkylation sites (tertiary alicyclic amines) is 1. The van der Waals surface area contributed by atoms with Crippen LogP contribution in [0, 0.1) is 11.8 Å². The minimum atomic E-state index is -0.102. The van der Waals surface area contributed by atoms with Crippen molar-refractivity contribution >= 4 is 17.5 Å². The number of rotatable bonds is 3. The number of hydrogen-bond donors (Lipinski definition) is 3. The molecule has 6 nitrogen and oxygen atoms in total. The van der Waals surface area contributed by atoms with Crippen LogP contribution in [0.5, 0.6) is 0 Å². The van der Waals surface area contributed by atoms with Gasteiger partial charge in [-0.05, 0) is 37.8 Å². The van der Waals surface area contributed by atoms with Crippen molar-refractivity contribution < 1.29 is 9.59 Å². The maximum absolute atomic E-state index is 12.9. The van der Waals surface area contributed by atoms with Gasteiger partial charge in [-0.3, -0.25) is 15.0 Å². The lowest BCUT2D eigenvalue weighted by atomic mass is 9.81. The molecule has 3 unspecified atom stereocenters. The largest absolute Gasteiger partial charge is 0.341 e. The predicted octanol–water partition coefficient (Wildman–Crippen LogP) is 1.90. The summed E-state index contributed by atoms with van der Waals surface area (Å²) in [5.41, 5.74) is 7.40. The molecule has 26 heavy (non-hydrogen) atoms. The first kappa shape index (κ1) is 17.5. The molecule has 2 heterocycles. The molecule has 3 atom stereocenters. The van der Waals surface area contributed by atoms with E-state index in [4.69, 9.17) is 0 Å². The zero-order valence-corrected chi connectivity index (χ0v) is 15.1. The highest BCUT2D eigenvalue weighted by Gasteiger charge is 2.43. The smallest absolute Gasteiger partial charge is 0.241 e. The molecule has 4 rings (SSSR count). The lowest BCUT2D eigenvalue weighted by molar-refractivity contribution is -0.137. The van der Waals surface area contributed by atoms with E-state index in [-0.39, 0.29) is 23.8 Å². The molecule has 0 radical (unpaired) electrons. The van der Waals surface area contributed by atoms with Crippen LogP contribution in [0.1, 0.15) is 38.5 Å². The molecule has 3 N–H and O–H groups in total. The van der Waals surface area contributed by atoms with Crippen molar-refractivity contribution in [1.29, 1.82) is 0 Å². The van der Waals surface area contributed by atoms with Crippen LogP contribution in [-0.4, -0.2) is 41.9 Å². The average molecular weight is 356 g/mol. The molecular formula is C20H28N4O2. The number of hydrazine groups is 1. The molecule has 3 fully saturated rings. The van der Waals surface area contributed by atoms with Crippen molar-refractivity contribution in [2.24, 2.45) is 11.8 Å². The van der Waals surface area contributed by atoms with Gasteiger partial charge in [0.1, 0.15) is 6.04 Å². The number of para-hydroxylation sites is 1. The van der Waals surface area contributed by atoms with Crippen LogP contribution in [0.3, 0.4) is 0 Å². The Labute approximate surface area is 154 Å². The molecule has 0 spiro atoms. The zero-order chi connectivity index (χ0) is 17.9. The van der Waals surface area contributed by atoms with Gasteiger partial charge in [0.2, 0.25) is 11.8 Å². The molecule has 6 heteroatoms. The standard InChI is InChI=1S/C20H28N4O2/c25-19(21-15-6-2-1-3-7-15)14-10-12-24(13-11-14)20(26)18-16-8-4-5-9-17(16)22-23-18/h1-3,6-7,14,16-18,22-23H,4-5,8-13H2,(H,21,25). The van der Waals surface area contributed by atoms with Gasteiger partial charge in [0.15, 0.2) is 0 Å². The third-order valence-corrected chi connectivity index (χ3v) is 6.16. The first-order chi connectivity index (χ1) is 12.7. The fourth-order valence-electron chi connectivity index (χ4n) is 4.61. The second kappa shape index (κ2) is 7.76. The van der Waals surface area contributed by atoms with Gasteiger partial charge in [0.05, 0.1) is 0 Å². The second-order valence-electron chi connectivity index (χ2n) is 7.78. The van der Waals surface area contributed by atoms with Gasteiger partial charge in [-0.1, -0.05) is 31.0 Å². The van der Waals surface area contributed by atoms with Crippen LogP contribution in [0.2, 0.25) is 0 Å². The molecule has 3 aliphatic rings. The monoisotopic (exact) mass is 356 g/mol.